The van der Waals surface area contributed by atoms with Crippen molar-refractivity contribution in [3.05, 3.63) is 35.7 Å². The molecule has 0 radical (unpaired) electrons. The molecule has 1 fully saturated rings. The third-order valence-corrected chi connectivity index (χ3v) is 5.37. The van der Waals surface area contributed by atoms with Crippen molar-refractivity contribution in [2.75, 3.05) is 40.0 Å². The number of nitrogens with zero attached hydrogens (tertiary/aromatic N) is 3. The Kier molecular flexibility index (Phi) is 7.60. The van der Waals surface area contributed by atoms with Crippen LogP contribution in [0.3, 0.4) is 0 Å². The van der Waals surface area contributed by atoms with E-state index >= 15 is 0 Å². The van der Waals surface area contributed by atoms with Crippen LogP contribution < -0.4 is 10.6 Å². The number of guanidine groups is 1. The molecule has 0 saturated carbocycles. The first-order valence-corrected chi connectivity index (χ1v) is 10.2. The summed E-state index contributed by atoms with van der Waals surface area (Å²) in [6, 6.07) is 8.17. The summed E-state index contributed by atoms with van der Waals surface area (Å²) in [6.07, 6.45) is 3.33. The molecule has 2 aromatic rings. The average Bonchev–Trinajstić information content (AvgIpc) is 3.41. The molecule has 8 heteroatoms. The van der Waals surface area contributed by atoms with E-state index in [0.29, 0.717) is 12.5 Å². The van der Waals surface area contributed by atoms with Crippen molar-refractivity contribution in [2.24, 2.45) is 10.4 Å². The van der Waals surface area contributed by atoms with Gasteiger partial charge in [-0.15, -0.1) is 0 Å². The number of nitrogens with one attached hydrogen (secondary N) is 2. The Hall–Kier alpha value is -2.45. The second-order valence-corrected chi connectivity index (χ2v) is 7.44. The van der Waals surface area contributed by atoms with Crippen molar-refractivity contribution >= 4 is 5.96 Å². The van der Waals surface area contributed by atoms with Gasteiger partial charge in [0.05, 0.1) is 6.61 Å². The number of hydrogen-bond acceptors (Lipinski definition) is 6. The molecule has 0 bridgehead atoms. The van der Waals surface area contributed by atoms with Gasteiger partial charge in [-0.3, -0.25) is 4.99 Å². The number of aliphatic imine (C=N–C) groups is 1. The van der Waals surface area contributed by atoms with Crippen molar-refractivity contribution in [1.82, 2.24) is 20.8 Å². The van der Waals surface area contributed by atoms with E-state index in [0.717, 1.165) is 62.7 Å². The summed E-state index contributed by atoms with van der Waals surface area (Å²) in [5.74, 6) is 2.05. The van der Waals surface area contributed by atoms with Crippen molar-refractivity contribution < 1.29 is 14.4 Å². The van der Waals surface area contributed by atoms with Gasteiger partial charge in [0.2, 0.25) is 0 Å². The number of aryl methyl sites for hydroxylation is 1. The molecule has 29 heavy (non-hydrogen) atoms. The van der Waals surface area contributed by atoms with Gasteiger partial charge in [-0.25, -0.2) is 0 Å². The minimum atomic E-state index is -0.00537. The third kappa shape index (κ3) is 5.77. The quantitative estimate of drug-likeness (QED) is 0.435. The topological polar surface area (TPSA) is 105 Å². The standard InChI is InChI=1S/C21H31N5O3/c1-3-18-25-19(29-26-18)17-6-4-16(5-7-17)8-11-23-20(22-2)24-14-21(9-12-27)10-13-28-15-21/h4-7,27H,3,8-15H2,1-2H3,(H2,22,23,24). The van der Waals surface area contributed by atoms with Gasteiger partial charge in [-0.05, 0) is 37.0 Å². The predicted octanol–water partition coefficient (Wildman–Crippen LogP) is 1.80. The molecule has 1 unspecified atom stereocenters. The Morgan fingerprint density at radius 1 is 1.28 bits per heavy atom. The first-order chi connectivity index (χ1) is 14.2. The van der Waals surface area contributed by atoms with Gasteiger partial charge >= 0.3 is 0 Å². The normalized spacial score (nSPS) is 19.5. The number of ether oxygens (including phenoxy) is 1. The minimum Gasteiger partial charge on any atom is -0.396 e. The molecule has 1 aliphatic heterocycles. The Balaban J connectivity index is 1.45. The van der Waals surface area contributed by atoms with E-state index in [1.165, 1.54) is 5.56 Å². The number of aliphatic hydroxyl groups excluding tert-OH is 1. The van der Waals surface area contributed by atoms with E-state index in [-0.39, 0.29) is 12.0 Å². The van der Waals surface area contributed by atoms with E-state index in [9.17, 15) is 5.11 Å². The van der Waals surface area contributed by atoms with E-state index in [1.807, 2.05) is 19.1 Å². The van der Waals surface area contributed by atoms with Gasteiger partial charge < -0.3 is 25.0 Å². The summed E-state index contributed by atoms with van der Waals surface area (Å²) < 4.78 is 10.8. The fraction of sp³-hybridized carbons (Fsp3) is 0.571. The Bertz CT molecular complexity index is 782. The second-order valence-electron chi connectivity index (χ2n) is 7.44. The van der Waals surface area contributed by atoms with Crippen molar-refractivity contribution in [1.29, 1.82) is 0 Å². The number of aromatic nitrogens is 2. The van der Waals surface area contributed by atoms with E-state index < -0.39 is 0 Å². The molecule has 1 aromatic carbocycles. The summed E-state index contributed by atoms with van der Waals surface area (Å²) in [7, 11) is 1.77. The van der Waals surface area contributed by atoms with Gasteiger partial charge in [0.15, 0.2) is 11.8 Å². The first-order valence-electron chi connectivity index (χ1n) is 10.2. The average molecular weight is 402 g/mol. The van der Waals surface area contributed by atoms with E-state index in [4.69, 9.17) is 9.26 Å². The number of hydrogen-bond donors (Lipinski definition) is 3. The lowest BCUT2D eigenvalue weighted by atomic mass is 9.84. The predicted molar refractivity (Wildman–Crippen MR) is 112 cm³/mol. The highest BCUT2D eigenvalue weighted by molar-refractivity contribution is 5.79. The van der Waals surface area contributed by atoms with Crippen LogP contribution >= 0.6 is 0 Å². The largest absolute Gasteiger partial charge is 0.396 e. The zero-order chi connectivity index (χ0) is 20.5. The van der Waals surface area contributed by atoms with Crippen molar-refractivity contribution in [3.63, 3.8) is 0 Å². The summed E-state index contributed by atoms with van der Waals surface area (Å²) in [5, 5.41) is 20.0. The number of rotatable bonds is 9. The fourth-order valence-corrected chi connectivity index (χ4v) is 3.46. The molecule has 3 N–H and O–H groups in total. The molecule has 158 valence electrons. The Morgan fingerprint density at radius 3 is 2.72 bits per heavy atom. The maximum atomic E-state index is 9.35. The maximum absolute atomic E-state index is 9.35. The van der Waals surface area contributed by atoms with Crippen LogP contribution in [0.25, 0.3) is 11.5 Å². The summed E-state index contributed by atoms with van der Waals surface area (Å²) in [4.78, 5) is 8.66. The molecule has 0 aliphatic carbocycles. The molecule has 3 rings (SSSR count). The van der Waals surface area contributed by atoms with Gasteiger partial charge in [0.1, 0.15) is 0 Å². The van der Waals surface area contributed by atoms with Crippen LogP contribution in [-0.4, -0.2) is 61.2 Å². The van der Waals surface area contributed by atoms with E-state index in [2.05, 4.69) is 37.9 Å². The Labute approximate surface area is 171 Å². The Morgan fingerprint density at radius 2 is 2.10 bits per heavy atom. The minimum absolute atomic E-state index is 0.00537. The molecule has 2 heterocycles. The van der Waals surface area contributed by atoms with Crippen LogP contribution in [0.2, 0.25) is 0 Å². The SMILES string of the molecule is CCc1noc(-c2ccc(CCNC(=NC)NCC3(CCO)CCOC3)cc2)n1. The van der Waals surface area contributed by atoms with Gasteiger partial charge in [-0.1, -0.05) is 24.2 Å². The lowest BCUT2D eigenvalue weighted by Crippen LogP contribution is -2.45. The molecular weight excluding hydrogens is 370 g/mol. The molecule has 1 atom stereocenters. The smallest absolute Gasteiger partial charge is 0.257 e. The third-order valence-electron chi connectivity index (χ3n) is 5.37. The molecule has 1 aromatic heterocycles. The van der Waals surface area contributed by atoms with Crippen molar-refractivity contribution in [2.45, 2.75) is 32.6 Å². The highest BCUT2D eigenvalue weighted by atomic mass is 16.5. The van der Waals surface area contributed by atoms with E-state index in [1.54, 1.807) is 7.05 Å². The summed E-state index contributed by atoms with van der Waals surface area (Å²) in [6.45, 7) is 5.13. The lowest BCUT2D eigenvalue weighted by molar-refractivity contribution is 0.127. The maximum Gasteiger partial charge on any atom is 0.257 e. The summed E-state index contributed by atoms with van der Waals surface area (Å²) in [5.41, 5.74) is 2.14. The highest BCUT2D eigenvalue weighted by Gasteiger charge is 2.34. The second kappa shape index (κ2) is 10.4. The van der Waals surface area contributed by atoms with Crippen LogP contribution in [0.1, 0.15) is 31.2 Å². The molecule has 8 nitrogen and oxygen atoms in total. The molecule has 1 aliphatic rings. The highest BCUT2D eigenvalue weighted by Crippen LogP contribution is 2.31. The fourth-order valence-electron chi connectivity index (χ4n) is 3.46. The molecule has 0 amide bonds. The van der Waals surface area contributed by atoms with Gasteiger partial charge in [0.25, 0.3) is 5.89 Å². The zero-order valence-electron chi connectivity index (χ0n) is 17.3. The van der Waals surface area contributed by atoms with Crippen LogP contribution in [0.15, 0.2) is 33.8 Å². The van der Waals surface area contributed by atoms with Crippen LogP contribution in [-0.2, 0) is 17.6 Å². The van der Waals surface area contributed by atoms with Crippen LogP contribution in [0.5, 0.6) is 0 Å². The zero-order valence-corrected chi connectivity index (χ0v) is 17.3. The molecule has 1 saturated heterocycles. The number of aliphatic hydroxyl groups is 1. The monoisotopic (exact) mass is 401 g/mol. The number of benzene rings is 1. The van der Waals surface area contributed by atoms with Gasteiger partial charge in [-0.2, -0.15) is 4.98 Å². The molecular formula is C21H31N5O3. The summed E-state index contributed by atoms with van der Waals surface area (Å²) >= 11 is 0. The van der Waals surface area contributed by atoms with Crippen molar-refractivity contribution in [3.8, 4) is 11.5 Å². The first kappa shape index (κ1) is 21.3. The van der Waals surface area contributed by atoms with Crippen LogP contribution in [0, 0.1) is 5.41 Å². The van der Waals surface area contributed by atoms with Gasteiger partial charge in [0, 0.05) is 50.8 Å². The lowest BCUT2D eigenvalue weighted by Gasteiger charge is -2.27. The molecule has 0 spiro atoms. The van der Waals surface area contributed by atoms with Crippen LogP contribution in [0.4, 0.5) is 0 Å².